The Kier molecular flexibility index (Phi) is 4.08. The van der Waals surface area contributed by atoms with Gasteiger partial charge in [-0.05, 0) is 18.6 Å². The second-order valence-electron chi connectivity index (χ2n) is 7.25. The second kappa shape index (κ2) is 6.77. The molecule has 0 radical (unpaired) electrons. The maximum absolute atomic E-state index is 11.7. The highest BCUT2D eigenvalue weighted by Crippen LogP contribution is 2.34. The number of H-pyrrole nitrogens is 1. The van der Waals surface area contributed by atoms with Gasteiger partial charge in [0.25, 0.3) is 0 Å². The normalized spacial score (nSPS) is 17.2. The zero-order chi connectivity index (χ0) is 20.0. The van der Waals surface area contributed by atoms with Crippen LogP contribution in [-0.4, -0.2) is 61.9 Å². The minimum Gasteiger partial charge on any atom is -0.480 e. The highest BCUT2D eigenvalue weighted by molar-refractivity contribution is 5.97. The number of carbonyl (C=O) groups is 1. The molecule has 1 amide bonds. The number of imidazole rings is 1. The molecule has 5 rings (SSSR count). The fraction of sp³-hybridized carbons (Fsp3) is 0.300. The number of carbonyl (C=O) groups excluding carboxylic acids is 1. The fourth-order valence-electron chi connectivity index (χ4n) is 3.83. The van der Waals surface area contributed by atoms with Crippen molar-refractivity contribution in [3.63, 3.8) is 0 Å². The molecule has 148 valence electrons. The van der Waals surface area contributed by atoms with Crippen molar-refractivity contribution in [1.29, 1.82) is 0 Å². The lowest BCUT2D eigenvalue weighted by atomic mass is 10.1. The first-order valence-corrected chi connectivity index (χ1v) is 9.49. The van der Waals surface area contributed by atoms with Crippen LogP contribution in [0, 0.1) is 0 Å². The van der Waals surface area contributed by atoms with Gasteiger partial charge < -0.3 is 24.3 Å². The van der Waals surface area contributed by atoms with Crippen molar-refractivity contribution in [2.45, 2.75) is 18.9 Å². The lowest BCUT2D eigenvalue weighted by molar-refractivity contribution is -0.132. The van der Waals surface area contributed by atoms with Crippen LogP contribution in [0.1, 0.15) is 12.8 Å². The van der Waals surface area contributed by atoms with Crippen LogP contribution >= 0.6 is 0 Å². The molecule has 1 atom stereocenters. The van der Waals surface area contributed by atoms with Gasteiger partial charge in [0.05, 0.1) is 12.5 Å². The Bertz CT molecular complexity index is 1210. The number of nitrogens with zero attached hydrogens (tertiary/aromatic N) is 5. The lowest BCUT2D eigenvalue weighted by Crippen LogP contribution is -2.43. The minimum atomic E-state index is 0.109. The first-order chi connectivity index (χ1) is 14.1. The maximum atomic E-state index is 11.7. The van der Waals surface area contributed by atoms with Crippen molar-refractivity contribution in [3.8, 4) is 17.0 Å². The molecule has 5 heterocycles. The smallest absolute Gasteiger partial charge is 0.228 e. The molecule has 0 saturated carbocycles. The van der Waals surface area contributed by atoms with Crippen LogP contribution < -0.4 is 10.1 Å². The van der Waals surface area contributed by atoms with E-state index in [9.17, 15) is 4.79 Å². The van der Waals surface area contributed by atoms with E-state index in [1.807, 2.05) is 42.2 Å². The topological polar surface area (TPSA) is 100 Å². The Labute approximate surface area is 166 Å². The third kappa shape index (κ3) is 3.04. The number of fused-ring (bicyclic) bond motifs is 2. The van der Waals surface area contributed by atoms with Crippen LogP contribution in [-0.2, 0) is 4.79 Å². The summed E-state index contributed by atoms with van der Waals surface area (Å²) in [4.78, 5) is 30.2. The van der Waals surface area contributed by atoms with Gasteiger partial charge in [-0.1, -0.05) is 0 Å². The van der Waals surface area contributed by atoms with Gasteiger partial charge in [-0.3, -0.25) is 4.79 Å². The van der Waals surface area contributed by atoms with Crippen molar-refractivity contribution in [2.24, 2.45) is 0 Å². The van der Waals surface area contributed by atoms with Gasteiger partial charge in [0.1, 0.15) is 11.3 Å². The van der Waals surface area contributed by atoms with E-state index in [-0.39, 0.29) is 11.9 Å². The first-order valence-electron chi connectivity index (χ1n) is 9.49. The van der Waals surface area contributed by atoms with Crippen molar-refractivity contribution >= 4 is 28.5 Å². The average Bonchev–Trinajstić information content (AvgIpc) is 3.36. The summed E-state index contributed by atoms with van der Waals surface area (Å²) in [5.74, 6) is 1.15. The van der Waals surface area contributed by atoms with E-state index in [2.05, 4.69) is 25.3 Å². The number of likely N-dealkylation sites (tertiary alicyclic amines) is 1. The van der Waals surface area contributed by atoms with Crippen LogP contribution in [0.5, 0.6) is 5.88 Å². The summed E-state index contributed by atoms with van der Waals surface area (Å²) < 4.78 is 7.56. The Morgan fingerprint density at radius 1 is 1.31 bits per heavy atom. The van der Waals surface area contributed by atoms with Gasteiger partial charge in [-0.25, -0.2) is 4.98 Å². The summed E-state index contributed by atoms with van der Waals surface area (Å²) in [6.07, 6.45) is 8.90. The number of piperidine rings is 1. The maximum Gasteiger partial charge on any atom is 0.228 e. The highest BCUT2D eigenvalue weighted by Gasteiger charge is 2.24. The Balaban J connectivity index is 1.51. The molecular formula is C20H21N7O2. The predicted molar refractivity (Wildman–Crippen MR) is 109 cm³/mol. The number of amides is 1. The van der Waals surface area contributed by atoms with Crippen molar-refractivity contribution in [3.05, 3.63) is 36.9 Å². The summed E-state index contributed by atoms with van der Waals surface area (Å²) >= 11 is 0. The number of likely N-dealkylation sites (N-methyl/N-ethyl adjacent to an activating group) is 1. The molecule has 0 bridgehead atoms. The van der Waals surface area contributed by atoms with Gasteiger partial charge in [-0.15, -0.1) is 0 Å². The van der Waals surface area contributed by atoms with Gasteiger partial charge in [0.15, 0.2) is 0 Å². The molecule has 0 unspecified atom stereocenters. The molecule has 4 aromatic rings. The van der Waals surface area contributed by atoms with Crippen LogP contribution in [0.4, 0.5) is 5.95 Å². The molecule has 1 saturated heterocycles. The molecular weight excluding hydrogens is 370 g/mol. The minimum absolute atomic E-state index is 0.109. The second-order valence-corrected chi connectivity index (χ2v) is 7.25. The number of aromatic nitrogens is 5. The zero-order valence-electron chi connectivity index (χ0n) is 16.2. The Hall–Kier alpha value is -3.62. The Morgan fingerprint density at radius 2 is 2.21 bits per heavy atom. The SMILES string of the molecule is COc1nc(N[C@@H]2CCC(=O)N(C)C2)nc2[nH]cc(-c3ccc4nccn4c3)c12. The molecule has 9 nitrogen and oxygen atoms in total. The van der Waals surface area contributed by atoms with E-state index >= 15 is 0 Å². The number of anilines is 1. The molecule has 1 fully saturated rings. The fourth-order valence-corrected chi connectivity index (χ4v) is 3.83. The standard InChI is InChI=1S/C20H21N7O2/c1-26-11-13(4-6-16(26)28)23-20-24-18-17(19(25-20)29-2)14(9-22-18)12-3-5-15-21-7-8-27(15)10-12/h3,5,7-10,13H,4,6,11H2,1-2H3,(H2,22,23,24,25)/t13-/m1/s1. The third-order valence-electron chi connectivity index (χ3n) is 5.35. The third-order valence-corrected chi connectivity index (χ3v) is 5.35. The molecule has 0 spiro atoms. The van der Waals surface area contributed by atoms with E-state index in [0.717, 1.165) is 28.6 Å². The largest absolute Gasteiger partial charge is 0.480 e. The molecule has 2 N–H and O–H groups in total. The number of nitrogens with one attached hydrogen (secondary N) is 2. The van der Waals surface area contributed by atoms with Crippen molar-refractivity contribution in [2.75, 3.05) is 26.0 Å². The zero-order valence-corrected chi connectivity index (χ0v) is 16.2. The summed E-state index contributed by atoms with van der Waals surface area (Å²) in [5.41, 5.74) is 3.55. The molecule has 1 aliphatic rings. The number of hydrogen-bond acceptors (Lipinski definition) is 6. The number of rotatable bonds is 4. The number of hydrogen-bond donors (Lipinski definition) is 2. The van der Waals surface area contributed by atoms with Crippen LogP contribution in [0.3, 0.4) is 0 Å². The summed E-state index contributed by atoms with van der Waals surface area (Å²) in [6.45, 7) is 0.628. The quantitative estimate of drug-likeness (QED) is 0.554. The number of pyridine rings is 1. The lowest BCUT2D eigenvalue weighted by Gasteiger charge is -2.30. The van der Waals surface area contributed by atoms with Gasteiger partial charge >= 0.3 is 0 Å². The van der Waals surface area contributed by atoms with E-state index in [4.69, 9.17) is 4.74 Å². The molecule has 0 aromatic carbocycles. The molecule has 4 aromatic heterocycles. The average molecular weight is 391 g/mol. The number of aromatic amines is 1. The predicted octanol–water partition coefficient (Wildman–Crippen LogP) is 2.31. The molecule has 0 aliphatic carbocycles. The molecule has 9 heteroatoms. The van der Waals surface area contributed by atoms with E-state index < -0.39 is 0 Å². The highest BCUT2D eigenvalue weighted by atomic mass is 16.5. The molecule has 1 aliphatic heterocycles. The van der Waals surface area contributed by atoms with Gasteiger partial charge in [0.2, 0.25) is 17.7 Å². The van der Waals surface area contributed by atoms with Gasteiger partial charge in [-0.2, -0.15) is 9.97 Å². The number of ether oxygens (including phenoxy) is 1. The van der Waals surface area contributed by atoms with Crippen molar-refractivity contribution < 1.29 is 9.53 Å². The first kappa shape index (κ1) is 17.5. The molecule has 29 heavy (non-hydrogen) atoms. The van der Waals surface area contributed by atoms with Crippen LogP contribution in [0.2, 0.25) is 0 Å². The van der Waals surface area contributed by atoms with E-state index in [0.29, 0.717) is 30.4 Å². The summed E-state index contributed by atoms with van der Waals surface area (Å²) in [7, 11) is 3.42. The van der Waals surface area contributed by atoms with E-state index in [1.165, 1.54) is 0 Å². The van der Waals surface area contributed by atoms with Crippen molar-refractivity contribution in [1.82, 2.24) is 29.2 Å². The number of methoxy groups -OCH3 is 1. The van der Waals surface area contributed by atoms with Crippen LogP contribution in [0.25, 0.3) is 27.8 Å². The van der Waals surface area contributed by atoms with E-state index in [1.54, 1.807) is 18.2 Å². The summed E-state index contributed by atoms with van der Waals surface area (Å²) in [6, 6.07) is 4.10. The Morgan fingerprint density at radius 3 is 3.03 bits per heavy atom. The monoisotopic (exact) mass is 391 g/mol. The summed E-state index contributed by atoms with van der Waals surface area (Å²) in [5, 5.41) is 4.17. The van der Waals surface area contributed by atoms with Crippen LogP contribution in [0.15, 0.2) is 36.9 Å². The van der Waals surface area contributed by atoms with Gasteiger partial charge in [0, 0.05) is 62.0 Å².